The van der Waals surface area contributed by atoms with Gasteiger partial charge in [0, 0.05) is 38.3 Å². The van der Waals surface area contributed by atoms with E-state index in [1.807, 2.05) is 13.0 Å². The summed E-state index contributed by atoms with van der Waals surface area (Å²) in [5.74, 6) is 0.134. The molecular formula is C17H25N3O3S. The Morgan fingerprint density at radius 2 is 2.08 bits per heavy atom. The number of piperidine rings is 1. The van der Waals surface area contributed by atoms with E-state index in [0.29, 0.717) is 19.6 Å². The first-order chi connectivity index (χ1) is 11.3. The molecule has 0 unspecified atom stereocenters. The van der Waals surface area contributed by atoms with Crippen LogP contribution in [0.5, 0.6) is 0 Å². The molecule has 24 heavy (non-hydrogen) atoms. The van der Waals surface area contributed by atoms with Gasteiger partial charge in [-0.2, -0.15) is 4.31 Å². The van der Waals surface area contributed by atoms with Gasteiger partial charge in [0.1, 0.15) is 0 Å². The van der Waals surface area contributed by atoms with Crippen LogP contribution in [0.1, 0.15) is 32.3 Å². The van der Waals surface area contributed by atoms with Gasteiger partial charge in [-0.25, -0.2) is 8.42 Å². The molecule has 0 spiro atoms. The Hall–Kier alpha value is -1.44. The van der Waals surface area contributed by atoms with Crippen LogP contribution in [-0.4, -0.2) is 44.3 Å². The van der Waals surface area contributed by atoms with Crippen LogP contribution in [0.2, 0.25) is 0 Å². The van der Waals surface area contributed by atoms with E-state index in [1.54, 1.807) is 21.3 Å². The number of nitrogens with two attached hydrogens (primary N) is 1. The lowest BCUT2D eigenvalue weighted by Gasteiger charge is -2.33. The third kappa shape index (κ3) is 3.08. The van der Waals surface area contributed by atoms with Gasteiger partial charge < -0.3 is 10.6 Å². The van der Waals surface area contributed by atoms with Crippen LogP contribution in [0.4, 0.5) is 5.69 Å². The van der Waals surface area contributed by atoms with Gasteiger partial charge in [0.25, 0.3) is 0 Å². The van der Waals surface area contributed by atoms with E-state index in [9.17, 15) is 13.2 Å². The number of sulfonamides is 1. The molecule has 3 rings (SSSR count). The van der Waals surface area contributed by atoms with Gasteiger partial charge in [0.2, 0.25) is 15.9 Å². The maximum Gasteiger partial charge on any atom is 0.243 e. The standard InChI is InChI=1S/C17H25N3O3S/c1-12(18)15-4-3-8-19(11-15)24(22,23)16-6-5-14-7-9-20(13(2)21)17(14)10-16/h5-6,10,12,15H,3-4,7-9,11,18H2,1-2H3/t12-,15+/m0/s1. The van der Waals surface area contributed by atoms with E-state index < -0.39 is 10.0 Å². The molecule has 0 bridgehead atoms. The molecule has 2 atom stereocenters. The second-order valence-electron chi connectivity index (χ2n) is 6.84. The summed E-state index contributed by atoms with van der Waals surface area (Å²) in [4.78, 5) is 13.7. The fraction of sp³-hybridized carbons (Fsp3) is 0.588. The molecular weight excluding hydrogens is 326 g/mol. The molecule has 1 fully saturated rings. The Bertz CT molecular complexity index is 745. The zero-order valence-electron chi connectivity index (χ0n) is 14.2. The third-order valence-electron chi connectivity index (χ3n) is 5.13. The first-order valence-corrected chi connectivity index (χ1v) is 9.91. The summed E-state index contributed by atoms with van der Waals surface area (Å²) in [7, 11) is -3.56. The lowest BCUT2D eigenvalue weighted by molar-refractivity contribution is -0.116. The molecule has 7 heteroatoms. The molecule has 6 nitrogen and oxygen atoms in total. The molecule has 0 saturated carbocycles. The van der Waals surface area contributed by atoms with Gasteiger partial charge in [0.05, 0.1) is 4.90 Å². The van der Waals surface area contributed by atoms with E-state index in [2.05, 4.69) is 0 Å². The minimum atomic E-state index is -3.56. The van der Waals surface area contributed by atoms with Gasteiger partial charge >= 0.3 is 0 Å². The van der Waals surface area contributed by atoms with Crippen LogP contribution in [0.25, 0.3) is 0 Å². The maximum atomic E-state index is 13.0. The first kappa shape index (κ1) is 17.4. The Balaban J connectivity index is 1.91. The molecule has 1 aromatic carbocycles. The fourth-order valence-corrected chi connectivity index (χ4v) is 5.17. The summed E-state index contributed by atoms with van der Waals surface area (Å²) < 4.78 is 27.6. The topological polar surface area (TPSA) is 83.7 Å². The molecule has 2 aliphatic heterocycles. The summed E-state index contributed by atoms with van der Waals surface area (Å²) in [6.45, 7) is 5.05. The van der Waals surface area contributed by atoms with Crippen molar-refractivity contribution in [3.8, 4) is 0 Å². The molecule has 0 aromatic heterocycles. The van der Waals surface area contributed by atoms with Gasteiger partial charge in [0.15, 0.2) is 0 Å². The van der Waals surface area contributed by atoms with Crippen LogP contribution < -0.4 is 10.6 Å². The molecule has 1 saturated heterocycles. The molecule has 0 radical (unpaired) electrons. The molecule has 1 aromatic rings. The normalized spacial score (nSPS) is 23.1. The number of amides is 1. The SMILES string of the molecule is CC(=O)N1CCc2ccc(S(=O)(=O)N3CCC[C@@H]([C@H](C)N)C3)cc21. The Kier molecular flexibility index (Phi) is 4.68. The quantitative estimate of drug-likeness (QED) is 0.891. The van der Waals surface area contributed by atoms with Gasteiger partial charge in [-0.3, -0.25) is 4.79 Å². The van der Waals surface area contributed by atoms with Crippen LogP contribution in [0, 0.1) is 5.92 Å². The summed E-state index contributed by atoms with van der Waals surface area (Å²) in [6.07, 6.45) is 2.56. The van der Waals surface area contributed by atoms with Crippen molar-refractivity contribution in [2.24, 2.45) is 11.7 Å². The van der Waals surface area contributed by atoms with E-state index in [0.717, 1.165) is 30.5 Å². The van der Waals surface area contributed by atoms with Crippen molar-refractivity contribution in [3.05, 3.63) is 23.8 Å². The van der Waals surface area contributed by atoms with Crippen LogP contribution in [0.3, 0.4) is 0 Å². The minimum absolute atomic E-state index is 0.0174. The van der Waals surface area contributed by atoms with Crippen LogP contribution in [-0.2, 0) is 21.2 Å². The van der Waals surface area contributed by atoms with Crippen LogP contribution >= 0.6 is 0 Å². The minimum Gasteiger partial charge on any atom is -0.328 e. The number of carbonyl (C=O) groups excluding carboxylic acids is 1. The molecule has 2 N–H and O–H groups in total. The average Bonchev–Trinajstić information content (AvgIpc) is 2.98. The lowest BCUT2D eigenvalue weighted by Crippen LogP contribution is -2.44. The molecule has 2 aliphatic rings. The van der Waals surface area contributed by atoms with Crippen LogP contribution in [0.15, 0.2) is 23.1 Å². The number of carbonyl (C=O) groups is 1. The summed E-state index contributed by atoms with van der Waals surface area (Å²) >= 11 is 0. The third-order valence-corrected chi connectivity index (χ3v) is 7.00. The Morgan fingerprint density at radius 3 is 2.75 bits per heavy atom. The molecule has 1 amide bonds. The van der Waals surface area contributed by atoms with Crippen molar-refractivity contribution in [2.45, 2.75) is 44.0 Å². The van der Waals surface area contributed by atoms with Crippen molar-refractivity contribution >= 4 is 21.6 Å². The van der Waals surface area contributed by atoms with E-state index in [-0.39, 0.29) is 22.8 Å². The average molecular weight is 351 g/mol. The summed E-state index contributed by atoms with van der Waals surface area (Å²) in [6, 6.07) is 5.12. The van der Waals surface area contributed by atoms with Crippen molar-refractivity contribution in [2.75, 3.05) is 24.5 Å². The zero-order chi connectivity index (χ0) is 17.5. The summed E-state index contributed by atoms with van der Waals surface area (Å²) in [5.41, 5.74) is 7.72. The van der Waals surface area contributed by atoms with Gasteiger partial charge in [-0.05, 0) is 49.8 Å². The summed E-state index contributed by atoms with van der Waals surface area (Å²) in [5, 5.41) is 0. The van der Waals surface area contributed by atoms with Crippen molar-refractivity contribution in [3.63, 3.8) is 0 Å². The predicted molar refractivity (Wildman–Crippen MR) is 93.3 cm³/mol. The van der Waals surface area contributed by atoms with Crippen molar-refractivity contribution < 1.29 is 13.2 Å². The smallest absolute Gasteiger partial charge is 0.243 e. The number of rotatable bonds is 3. The second kappa shape index (κ2) is 6.46. The second-order valence-corrected chi connectivity index (χ2v) is 8.77. The maximum absolute atomic E-state index is 13.0. The monoisotopic (exact) mass is 351 g/mol. The number of anilines is 1. The van der Waals surface area contributed by atoms with Crippen molar-refractivity contribution in [1.82, 2.24) is 4.31 Å². The number of nitrogens with zero attached hydrogens (tertiary/aromatic N) is 2. The van der Waals surface area contributed by atoms with E-state index in [1.165, 1.54) is 6.92 Å². The van der Waals surface area contributed by atoms with Crippen molar-refractivity contribution in [1.29, 1.82) is 0 Å². The van der Waals surface area contributed by atoms with Gasteiger partial charge in [-0.15, -0.1) is 0 Å². The highest BCUT2D eigenvalue weighted by molar-refractivity contribution is 7.89. The number of fused-ring (bicyclic) bond motifs is 1. The zero-order valence-corrected chi connectivity index (χ0v) is 15.1. The number of hydrogen-bond acceptors (Lipinski definition) is 4. The van der Waals surface area contributed by atoms with E-state index >= 15 is 0 Å². The molecule has 2 heterocycles. The first-order valence-electron chi connectivity index (χ1n) is 8.47. The molecule has 0 aliphatic carbocycles. The lowest BCUT2D eigenvalue weighted by atomic mass is 9.93. The highest BCUT2D eigenvalue weighted by Crippen LogP contribution is 2.32. The highest BCUT2D eigenvalue weighted by atomic mass is 32.2. The Labute approximate surface area is 143 Å². The fourth-order valence-electron chi connectivity index (χ4n) is 3.62. The van der Waals surface area contributed by atoms with E-state index in [4.69, 9.17) is 5.73 Å². The van der Waals surface area contributed by atoms with Gasteiger partial charge in [-0.1, -0.05) is 6.07 Å². The number of hydrogen-bond donors (Lipinski definition) is 1. The molecule has 132 valence electrons. The highest BCUT2D eigenvalue weighted by Gasteiger charge is 2.33. The predicted octanol–water partition coefficient (Wildman–Crippen LogP) is 1.34. The Morgan fingerprint density at radius 1 is 1.33 bits per heavy atom. The number of benzene rings is 1. The largest absolute Gasteiger partial charge is 0.328 e.